The van der Waals surface area contributed by atoms with Crippen LogP contribution in [-0.4, -0.2) is 29.4 Å². The molecule has 2 rings (SSSR count). The molecule has 0 amide bonds. The molecule has 0 radical (unpaired) electrons. The molecule has 22 heavy (non-hydrogen) atoms. The summed E-state index contributed by atoms with van der Waals surface area (Å²) in [6.07, 6.45) is 0. The van der Waals surface area contributed by atoms with Gasteiger partial charge in [0.2, 0.25) is 0 Å². The molecule has 5 nitrogen and oxygen atoms in total. The zero-order valence-electron chi connectivity index (χ0n) is 13.2. The van der Waals surface area contributed by atoms with Gasteiger partial charge in [-0.1, -0.05) is 27.5 Å². The molecule has 0 spiro atoms. The minimum Gasteiger partial charge on any atom is -0.496 e. The van der Waals surface area contributed by atoms with Crippen LogP contribution < -0.4 is 4.74 Å². The summed E-state index contributed by atoms with van der Waals surface area (Å²) in [5, 5.41) is 4.45. The number of hydrogen-bond acceptors (Lipinski definition) is 4. The van der Waals surface area contributed by atoms with Gasteiger partial charge in [-0.25, -0.2) is 4.79 Å². The van der Waals surface area contributed by atoms with Gasteiger partial charge >= 0.3 is 5.97 Å². The summed E-state index contributed by atoms with van der Waals surface area (Å²) < 4.78 is 20.1. The molecule has 0 saturated heterocycles. The Kier molecular flexibility index (Phi) is 5.00. The van der Waals surface area contributed by atoms with Crippen molar-refractivity contribution < 1.29 is 15.6 Å². The Morgan fingerprint density at radius 2 is 2.27 bits per heavy atom. The minimum atomic E-state index is -0.564. The third-order valence-electron chi connectivity index (χ3n) is 3.02. The fourth-order valence-electron chi connectivity index (χ4n) is 2.07. The van der Waals surface area contributed by atoms with E-state index in [1.165, 1.54) is 0 Å². The van der Waals surface area contributed by atoms with Crippen LogP contribution in [0.5, 0.6) is 5.75 Å². The number of benzene rings is 1. The summed E-state index contributed by atoms with van der Waals surface area (Å²) in [4.78, 5) is 12.0. The third-order valence-corrected chi connectivity index (χ3v) is 3.87. The summed E-state index contributed by atoms with van der Waals surface area (Å²) in [5.41, 5.74) is 1.30. The third kappa shape index (κ3) is 3.13. The summed E-state index contributed by atoms with van der Waals surface area (Å²) in [6.45, 7) is 4.38. The van der Waals surface area contributed by atoms with Crippen LogP contribution in [0.1, 0.15) is 25.7 Å². The highest BCUT2D eigenvalue weighted by Gasteiger charge is 2.25. The molecule has 0 atom stereocenters. The molecule has 7 heteroatoms. The van der Waals surface area contributed by atoms with Gasteiger partial charge in [0.1, 0.15) is 10.8 Å². The Balaban J connectivity index is 2.61. The Morgan fingerprint density at radius 1 is 1.50 bits per heavy atom. The van der Waals surface area contributed by atoms with E-state index in [2.05, 4.69) is 21.0 Å². The van der Waals surface area contributed by atoms with Crippen molar-refractivity contribution in [1.29, 1.82) is 0 Å². The Morgan fingerprint density at radius 3 is 2.91 bits per heavy atom. The normalized spacial score (nSPS) is 11.2. The van der Waals surface area contributed by atoms with Gasteiger partial charge in [-0.05, 0) is 32.0 Å². The van der Waals surface area contributed by atoms with Crippen molar-refractivity contribution in [2.75, 3.05) is 13.7 Å². The number of aromatic nitrogens is 2. The Hall–Kier alpha value is -1.53. The smallest absolute Gasteiger partial charge is 0.360 e. The Labute approximate surface area is 143 Å². The van der Waals surface area contributed by atoms with Gasteiger partial charge in [-0.3, -0.25) is 4.68 Å². The van der Waals surface area contributed by atoms with E-state index in [1.807, 2.05) is 13.0 Å². The number of hydrogen-bond donors (Lipinski definition) is 0. The lowest BCUT2D eigenvalue weighted by Gasteiger charge is -2.11. The first kappa shape index (κ1) is 15.4. The van der Waals surface area contributed by atoms with Crippen molar-refractivity contribution in [2.24, 2.45) is 0 Å². The van der Waals surface area contributed by atoms with Crippen LogP contribution in [-0.2, 0) is 11.3 Å². The molecule has 1 aromatic carbocycles. The molecule has 0 aliphatic rings. The monoisotopic (exact) mass is 387 g/mol. The van der Waals surface area contributed by atoms with Crippen LogP contribution in [0, 0.1) is 0 Å². The van der Waals surface area contributed by atoms with Crippen molar-refractivity contribution in [1.82, 2.24) is 9.78 Å². The predicted molar refractivity (Wildman–Crippen MR) is 88.6 cm³/mol. The summed E-state index contributed by atoms with van der Waals surface area (Å²) >= 11 is 9.76. The first-order valence-corrected chi connectivity index (χ1v) is 7.85. The Bertz CT molecular complexity index is 721. The van der Waals surface area contributed by atoms with E-state index in [-0.39, 0.29) is 24.4 Å². The van der Waals surface area contributed by atoms with Gasteiger partial charge in [0.05, 0.1) is 20.8 Å². The topological polar surface area (TPSA) is 53.4 Å². The van der Waals surface area contributed by atoms with E-state index in [9.17, 15) is 4.79 Å². The summed E-state index contributed by atoms with van der Waals surface area (Å²) in [5.74, 6) is -0.0766. The number of methoxy groups -OCH3 is 1. The van der Waals surface area contributed by atoms with Crippen molar-refractivity contribution in [3.63, 3.8) is 0 Å². The fraction of sp³-hybridized carbons (Fsp3) is 0.333. The van der Waals surface area contributed by atoms with E-state index in [4.69, 9.17) is 22.4 Å². The highest BCUT2D eigenvalue weighted by Crippen LogP contribution is 2.38. The lowest BCUT2D eigenvalue weighted by molar-refractivity contribution is 0.0518. The van der Waals surface area contributed by atoms with Crippen LogP contribution in [0.4, 0.5) is 0 Å². The second kappa shape index (κ2) is 7.15. The van der Waals surface area contributed by atoms with E-state index < -0.39 is 5.97 Å². The number of ether oxygens (including phenoxy) is 2. The average Bonchev–Trinajstić information content (AvgIpc) is 2.85. The van der Waals surface area contributed by atoms with Crippen LogP contribution >= 0.6 is 27.5 Å². The number of carbonyl (C=O) groups is 1. The van der Waals surface area contributed by atoms with E-state index in [1.54, 1.807) is 23.7 Å². The highest BCUT2D eigenvalue weighted by atomic mass is 79.9. The molecule has 0 bridgehead atoms. The van der Waals surface area contributed by atoms with Crippen molar-refractivity contribution in [3.8, 4) is 17.0 Å². The molecule has 0 unspecified atom stereocenters. The zero-order chi connectivity index (χ0) is 17.0. The second-order valence-electron chi connectivity index (χ2n) is 4.33. The van der Waals surface area contributed by atoms with Gasteiger partial charge in [0.25, 0.3) is 0 Å². The largest absolute Gasteiger partial charge is 0.496 e. The number of aryl methyl sites for hydroxylation is 1. The van der Waals surface area contributed by atoms with Gasteiger partial charge in [-0.2, -0.15) is 5.10 Å². The fourth-order valence-corrected chi connectivity index (χ4v) is 2.72. The molecule has 1 aromatic heterocycles. The van der Waals surface area contributed by atoms with Crippen LogP contribution in [0.15, 0.2) is 22.7 Å². The molecule has 0 aliphatic carbocycles. The van der Waals surface area contributed by atoms with Gasteiger partial charge in [0, 0.05) is 16.6 Å². The van der Waals surface area contributed by atoms with E-state index >= 15 is 0 Å². The molecular weight excluding hydrogens is 372 g/mol. The summed E-state index contributed by atoms with van der Waals surface area (Å²) in [6, 6.07) is 5.38. The maximum Gasteiger partial charge on any atom is 0.360 e. The maximum absolute atomic E-state index is 12.0. The molecule has 1 heterocycles. The SMILES string of the molecule is [2H]COc1cc(Br)ccc1-c1c(Cl)c(C(=O)OCC)nn1CC. The summed E-state index contributed by atoms with van der Waals surface area (Å²) in [7, 11) is -0.230. The predicted octanol–water partition coefficient (Wildman–Crippen LogP) is 4.17. The van der Waals surface area contributed by atoms with Crippen molar-refractivity contribution in [2.45, 2.75) is 20.4 Å². The van der Waals surface area contributed by atoms with Gasteiger partial charge in [-0.15, -0.1) is 0 Å². The van der Waals surface area contributed by atoms with Crippen molar-refractivity contribution >= 4 is 33.5 Å². The molecule has 118 valence electrons. The maximum atomic E-state index is 12.0. The lowest BCUT2D eigenvalue weighted by atomic mass is 10.1. The molecule has 2 aromatic rings. The van der Waals surface area contributed by atoms with E-state index in [0.29, 0.717) is 23.6 Å². The quantitative estimate of drug-likeness (QED) is 0.721. The van der Waals surface area contributed by atoms with Gasteiger partial charge < -0.3 is 9.47 Å². The zero-order valence-corrected chi connectivity index (χ0v) is 14.6. The van der Waals surface area contributed by atoms with Crippen molar-refractivity contribution in [3.05, 3.63) is 33.4 Å². The van der Waals surface area contributed by atoms with Crippen LogP contribution in [0.25, 0.3) is 11.3 Å². The number of rotatable bonds is 5. The number of nitrogens with zero attached hydrogens (tertiary/aromatic N) is 2. The number of carbonyl (C=O) groups excluding carboxylic acids is 1. The first-order chi connectivity index (χ1) is 11.0. The van der Waals surface area contributed by atoms with Gasteiger partial charge in [0.15, 0.2) is 5.69 Å². The molecular formula is C15H16BrClN2O3. The van der Waals surface area contributed by atoms with E-state index in [0.717, 1.165) is 4.47 Å². The molecule has 0 saturated carbocycles. The van der Waals surface area contributed by atoms with Crippen LogP contribution in [0.3, 0.4) is 0 Å². The molecule has 0 fully saturated rings. The highest BCUT2D eigenvalue weighted by molar-refractivity contribution is 9.10. The lowest BCUT2D eigenvalue weighted by Crippen LogP contribution is -2.07. The second-order valence-corrected chi connectivity index (χ2v) is 5.63. The van der Waals surface area contributed by atoms with Crippen LogP contribution in [0.2, 0.25) is 5.02 Å². The molecule has 0 aliphatic heterocycles. The first-order valence-electron chi connectivity index (χ1n) is 7.39. The minimum absolute atomic E-state index is 0.0742. The standard InChI is InChI=1S/C15H16BrClN2O3/c1-4-19-14(10-7-6-9(16)8-11(10)21-3)12(17)13(18-19)15(20)22-5-2/h6-8H,4-5H2,1-3H3/i3D. The molecule has 0 N–H and O–H groups in total. The number of esters is 1. The average molecular weight is 389 g/mol. The number of halogens is 2.